The third-order valence-electron chi connectivity index (χ3n) is 4.57. The number of rotatable bonds is 4. The van der Waals surface area contributed by atoms with Crippen LogP contribution < -0.4 is 15.2 Å². The van der Waals surface area contributed by atoms with Crippen LogP contribution in [0.15, 0.2) is 60.2 Å². The molecular weight excluding hydrogens is 411 g/mol. The van der Waals surface area contributed by atoms with E-state index in [4.69, 9.17) is 27.9 Å². The summed E-state index contributed by atoms with van der Waals surface area (Å²) in [4.78, 5) is 25.6. The number of ether oxygens (including phenoxy) is 1. The molecule has 3 aromatic carbocycles. The van der Waals surface area contributed by atoms with Crippen molar-refractivity contribution in [3.63, 3.8) is 0 Å². The predicted molar refractivity (Wildman–Crippen MR) is 115 cm³/mol. The molecule has 1 saturated heterocycles. The lowest BCUT2D eigenvalue weighted by atomic mass is 10.0. The molecule has 1 heterocycles. The Hall–Kier alpha value is -3.02. The molecule has 1 N–H and O–H groups in total. The first-order chi connectivity index (χ1) is 14.0. The van der Waals surface area contributed by atoms with E-state index in [-0.39, 0.29) is 10.6 Å². The van der Waals surface area contributed by atoms with Gasteiger partial charge >= 0.3 is 0 Å². The second-order valence-electron chi connectivity index (χ2n) is 6.37. The Morgan fingerprint density at radius 1 is 1.03 bits per heavy atom. The van der Waals surface area contributed by atoms with Crippen LogP contribution in [0.25, 0.3) is 16.8 Å². The van der Waals surface area contributed by atoms with Gasteiger partial charge in [-0.25, -0.2) is 5.01 Å². The van der Waals surface area contributed by atoms with E-state index in [1.165, 1.54) is 6.07 Å². The van der Waals surface area contributed by atoms with E-state index < -0.39 is 11.8 Å². The van der Waals surface area contributed by atoms with Gasteiger partial charge in [-0.15, -0.1) is 0 Å². The lowest BCUT2D eigenvalue weighted by Gasteiger charge is -2.15. The maximum absolute atomic E-state index is 13.0. The molecule has 0 atom stereocenters. The van der Waals surface area contributed by atoms with Crippen molar-refractivity contribution in [2.45, 2.75) is 6.92 Å². The van der Waals surface area contributed by atoms with Gasteiger partial charge in [0.25, 0.3) is 11.8 Å². The van der Waals surface area contributed by atoms with Crippen molar-refractivity contribution in [2.24, 2.45) is 0 Å². The highest BCUT2D eigenvalue weighted by Gasteiger charge is 2.35. The predicted octanol–water partition coefficient (Wildman–Crippen LogP) is 5.01. The van der Waals surface area contributed by atoms with Gasteiger partial charge < -0.3 is 4.74 Å². The van der Waals surface area contributed by atoms with E-state index in [1.54, 1.807) is 18.2 Å². The minimum Gasteiger partial charge on any atom is -0.493 e. The van der Waals surface area contributed by atoms with Crippen molar-refractivity contribution >= 4 is 57.6 Å². The number of anilines is 1. The number of nitrogens with zero attached hydrogens (tertiary/aromatic N) is 1. The number of hydrazine groups is 1. The zero-order valence-corrected chi connectivity index (χ0v) is 16.9. The highest BCUT2D eigenvalue weighted by atomic mass is 35.5. The van der Waals surface area contributed by atoms with Crippen LogP contribution >= 0.6 is 23.2 Å². The number of carbonyl (C=O) groups excluding carboxylic acids is 2. The first kappa shape index (κ1) is 19.3. The molecule has 0 bridgehead atoms. The molecule has 0 aliphatic carbocycles. The van der Waals surface area contributed by atoms with E-state index in [0.29, 0.717) is 28.6 Å². The summed E-state index contributed by atoms with van der Waals surface area (Å²) in [6.45, 7) is 2.34. The smallest absolute Gasteiger partial charge is 0.282 e. The second kappa shape index (κ2) is 7.78. The Bertz CT molecular complexity index is 1170. The number of hydrogen-bond acceptors (Lipinski definition) is 3. The largest absolute Gasteiger partial charge is 0.493 e. The standard InChI is InChI=1S/C22H16Cl2N2O3/c1-2-29-20-10-7-13-5-3-4-6-15(13)16(20)12-17-21(27)25-26(22(17)28)14-8-9-18(23)19(24)11-14/h3-12H,2H2,1H3,(H,25,27)/b17-12-. The first-order valence-corrected chi connectivity index (χ1v) is 9.72. The highest BCUT2D eigenvalue weighted by molar-refractivity contribution is 6.42. The van der Waals surface area contributed by atoms with E-state index in [1.807, 2.05) is 43.3 Å². The number of nitrogens with one attached hydrogen (secondary N) is 1. The van der Waals surface area contributed by atoms with Crippen LogP contribution in [-0.4, -0.2) is 18.4 Å². The van der Waals surface area contributed by atoms with Crippen molar-refractivity contribution in [2.75, 3.05) is 11.6 Å². The zero-order chi connectivity index (χ0) is 20.5. The number of carbonyl (C=O) groups is 2. The fraction of sp³-hybridized carbons (Fsp3) is 0.0909. The van der Waals surface area contributed by atoms with Crippen LogP contribution in [0.5, 0.6) is 5.75 Å². The second-order valence-corrected chi connectivity index (χ2v) is 7.18. The summed E-state index contributed by atoms with van der Waals surface area (Å²) in [7, 11) is 0. The van der Waals surface area contributed by atoms with Crippen LogP contribution in [0.3, 0.4) is 0 Å². The van der Waals surface area contributed by atoms with Gasteiger partial charge in [0, 0.05) is 5.56 Å². The molecule has 0 radical (unpaired) electrons. The fourth-order valence-corrected chi connectivity index (χ4v) is 3.51. The van der Waals surface area contributed by atoms with Gasteiger partial charge in [0.1, 0.15) is 11.3 Å². The van der Waals surface area contributed by atoms with E-state index in [9.17, 15) is 9.59 Å². The summed E-state index contributed by atoms with van der Waals surface area (Å²) in [6, 6.07) is 16.2. The Kier molecular flexibility index (Phi) is 5.18. The topological polar surface area (TPSA) is 58.6 Å². The van der Waals surface area contributed by atoms with Crippen LogP contribution in [0, 0.1) is 0 Å². The minimum absolute atomic E-state index is 0.00776. The Morgan fingerprint density at radius 3 is 2.59 bits per heavy atom. The lowest BCUT2D eigenvalue weighted by molar-refractivity contribution is -0.117. The van der Waals surface area contributed by atoms with E-state index >= 15 is 0 Å². The summed E-state index contributed by atoms with van der Waals surface area (Å²) in [6.07, 6.45) is 1.57. The molecule has 1 aliphatic heterocycles. The molecule has 0 unspecified atom stereocenters. The molecule has 1 aliphatic rings. The summed E-state index contributed by atoms with van der Waals surface area (Å²) in [5, 5.41) is 3.68. The van der Waals surface area contributed by atoms with Gasteiger partial charge in [-0.3, -0.25) is 15.0 Å². The number of hydrogen-bond donors (Lipinski definition) is 1. The van der Waals surface area contributed by atoms with Gasteiger partial charge in [0.05, 0.1) is 22.3 Å². The molecule has 0 saturated carbocycles. The minimum atomic E-state index is -0.503. The maximum atomic E-state index is 13.0. The van der Waals surface area contributed by atoms with Gasteiger partial charge in [0.2, 0.25) is 0 Å². The quantitative estimate of drug-likeness (QED) is 0.471. The zero-order valence-electron chi connectivity index (χ0n) is 15.4. The van der Waals surface area contributed by atoms with E-state index in [2.05, 4.69) is 5.43 Å². The molecule has 0 spiro atoms. The van der Waals surface area contributed by atoms with Crippen molar-refractivity contribution in [3.8, 4) is 5.75 Å². The fourth-order valence-electron chi connectivity index (χ4n) is 3.21. The maximum Gasteiger partial charge on any atom is 0.282 e. The van der Waals surface area contributed by atoms with E-state index in [0.717, 1.165) is 15.8 Å². The van der Waals surface area contributed by atoms with Gasteiger partial charge in [-0.1, -0.05) is 53.5 Å². The van der Waals surface area contributed by atoms with Gasteiger partial charge in [-0.05, 0) is 48.0 Å². The van der Waals surface area contributed by atoms with Crippen LogP contribution in [0.1, 0.15) is 12.5 Å². The normalized spacial score (nSPS) is 15.3. The molecule has 2 amide bonds. The lowest BCUT2D eigenvalue weighted by Crippen LogP contribution is -2.35. The molecule has 4 rings (SSSR count). The average Bonchev–Trinajstić information content (AvgIpc) is 3.00. The monoisotopic (exact) mass is 426 g/mol. The molecule has 7 heteroatoms. The third kappa shape index (κ3) is 3.55. The van der Waals surface area contributed by atoms with Crippen molar-refractivity contribution in [1.82, 2.24) is 5.43 Å². The molecule has 146 valence electrons. The van der Waals surface area contributed by atoms with Crippen LogP contribution in [-0.2, 0) is 9.59 Å². The summed E-state index contributed by atoms with van der Waals surface area (Å²) < 4.78 is 5.73. The van der Waals surface area contributed by atoms with Gasteiger partial charge in [-0.2, -0.15) is 0 Å². The number of fused-ring (bicyclic) bond motifs is 1. The third-order valence-corrected chi connectivity index (χ3v) is 5.31. The molecule has 0 aromatic heterocycles. The Balaban J connectivity index is 1.80. The Labute approximate surface area is 177 Å². The van der Waals surface area contributed by atoms with Gasteiger partial charge in [0.15, 0.2) is 0 Å². The SMILES string of the molecule is CCOc1ccc2ccccc2c1/C=C1/C(=O)NN(c2ccc(Cl)c(Cl)c2)C1=O. The highest BCUT2D eigenvalue weighted by Crippen LogP contribution is 2.33. The van der Waals surface area contributed by atoms with Crippen LogP contribution in [0.2, 0.25) is 10.0 Å². The molecule has 3 aromatic rings. The molecular formula is C22H16Cl2N2O3. The number of halogens is 2. The number of amides is 2. The average molecular weight is 427 g/mol. The van der Waals surface area contributed by atoms with Crippen molar-refractivity contribution in [1.29, 1.82) is 0 Å². The Morgan fingerprint density at radius 2 is 1.83 bits per heavy atom. The summed E-state index contributed by atoms with van der Waals surface area (Å²) in [5.74, 6) is -0.382. The van der Waals surface area contributed by atoms with Crippen molar-refractivity contribution in [3.05, 3.63) is 75.8 Å². The molecule has 29 heavy (non-hydrogen) atoms. The van der Waals surface area contributed by atoms with Crippen molar-refractivity contribution < 1.29 is 14.3 Å². The summed E-state index contributed by atoms with van der Waals surface area (Å²) >= 11 is 12.0. The summed E-state index contributed by atoms with van der Waals surface area (Å²) in [5.41, 5.74) is 3.68. The first-order valence-electron chi connectivity index (χ1n) is 8.96. The molecule has 5 nitrogen and oxygen atoms in total. The molecule has 1 fully saturated rings. The van der Waals surface area contributed by atoms with Crippen LogP contribution in [0.4, 0.5) is 5.69 Å². The number of benzene rings is 3.